The lowest BCUT2D eigenvalue weighted by molar-refractivity contribution is -0.929. The molecule has 0 aromatic rings. The minimum atomic E-state index is -1.02. The summed E-state index contributed by atoms with van der Waals surface area (Å²) in [6, 6.07) is 0. The van der Waals surface area contributed by atoms with Crippen LogP contribution in [-0.2, 0) is 14.4 Å². The number of rotatable bonds is 30. The second-order valence-electron chi connectivity index (χ2n) is 11.3. The quantitative estimate of drug-likeness (QED) is 0.0569. The van der Waals surface area contributed by atoms with Crippen LogP contribution in [0.25, 0.3) is 0 Å². The number of allylic oxidation sites excluding steroid dienone is 2. The van der Waals surface area contributed by atoms with E-state index in [1.54, 1.807) is 0 Å². The Labute approximate surface area is 238 Å². The van der Waals surface area contributed by atoms with Gasteiger partial charge in [-0.3, -0.25) is 9.59 Å². The molecule has 2 N–H and O–H groups in total. The van der Waals surface area contributed by atoms with Crippen LogP contribution >= 0.6 is 0 Å². The van der Waals surface area contributed by atoms with E-state index in [9.17, 15) is 19.5 Å². The summed E-state index contributed by atoms with van der Waals surface area (Å²) < 4.78 is 0.848. The van der Waals surface area contributed by atoms with Crippen molar-refractivity contribution >= 4 is 17.9 Å². The van der Waals surface area contributed by atoms with Crippen LogP contribution in [0.5, 0.6) is 0 Å². The van der Waals surface area contributed by atoms with E-state index in [4.69, 9.17) is 10.2 Å². The Morgan fingerprint density at radius 2 is 0.897 bits per heavy atom. The van der Waals surface area contributed by atoms with Crippen LogP contribution in [0.1, 0.15) is 148 Å². The highest BCUT2D eigenvalue weighted by atomic mass is 16.4. The first-order chi connectivity index (χ1) is 18.8. The maximum absolute atomic E-state index is 11.0. The predicted molar refractivity (Wildman–Crippen MR) is 156 cm³/mol. The monoisotopic (exact) mass is 553 g/mol. The highest BCUT2D eigenvalue weighted by Gasteiger charge is 2.26. The van der Waals surface area contributed by atoms with Crippen LogP contribution in [0.2, 0.25) is 0 Å². The summed E-state index contributed by atoms with van der Waals surface area (Å²) in [6.45, 7) is 5.79. The van der Waals surface area contributed by atoms with E-state index in [0.29, 0.717) is 19.3 Å². The Morgan fingerprint density at radius 3 is 1.28 bits per heavy atom. The van der Waals surface area contributed by atoms with Gasteiger partial charge < -0.3 is 24.6 Å². The van der Waals surface area contributed by atoms with Crippen molar-refractivity contribution in [1.29, 1.82) is 0 Å². The topological polar surface area (TPSA) is 115 Å². The lowest BCUT2D eigenvalue weighted by Crippen LogP contribution is -2.51. The summed E-state index contributed by atoms with van der Waals surface area (Å²) in [5, 5.41) is 28.9. The fourth-order valence-electron chi connectivity index (χ4n) is 5.42. The van der Waals surface area contributed by atoms with Gasteiger partial charge in [0, 0.05) is 18.8 Å². The van der Waals surface area contributed by atoms with Gasteiger partial charge in [-0.2, -0.15) is 0 Å². The average molecular weight is 554 g/mol. The second-order valence-corrected chi connectivity index (χ2v) is 11.3. The van der Waals surface area contributed by atoms with Gasteiger partial charge in [0.05, 0.1) is 26.2 Å². The minimum absolute atomic E-state index is 0.0638. The van der Waals surface area contributed by atoms with E-state index in [-0.39, 0.29) is 19.3 Å². The maximum atomic E-state index is 11.0. The third kappa shape index (κ3) is 26.1. The number of nitrogens with zero attached hydrogens (tertiary/aromatic N) is 1. The Kier molecular flexibility index (Phi) is 25.1. The van der Waals surface area contributed by atoms with Crippen molar-refractivity contribution in [2.75, 3.05) is 26.2 Å². The molecule has 0 atom stereocenters. The zero-order valence-electron chi connectivity index (χ0n) is 25.0. The Hall–Kier alpha value is -1.89. The van der Waals surface area contributed by atoms with Gasteiger partial charge in [0.1, 0.15) is 0 Å². The van der Waals surface area contributed by atoms with Crippen LogP contribution in [-0.4, -0.2) is 58.8 Å². The first kappa shape index (κ1) is 37.1. The number of carboxylic acid groups (broad SMARTS) is 3. The number of hydrogen-bond donors (Lipinski definition) is 2. The number of carbonyl (C=O) groups excluding carboxylic acids is 1. The molecule has 0 radical (unpaired) electrons. The van der Waals surface area contributed by atoms with Crippen molar-refractivity contribution in [2.24, 2.45) is 0 Å². The Morgan fingerprint density at radius 1 is 0.538 bits per heavy atom. The summed E-state index contributed by atoms with van der Waals surface area (Å²) >= 11 is 0. The van der Waals surface area contributed by atoms with Crippen molar-refractivity contribution in [3.05, 3.63) is 12.2 Å². The molecular formula is C32H59NO6. The molecule has 0 unspecified atom stereocenters. The van der Waals surface area contributed by atoms with Crippen molar-refractivity contribution in [1.82, 2.24) is 0 Å². The lowest BCUT2D eigenvalue weighted by atomic mass is 10.0. The van der Waals surface area contributed by atoms with Gasteiger partial charge in [-0.25, -0.2) is 0 Å². The number of hydrogen-bond acceptors (Lipinski definition) is 4. The van der Waals surface area contributed by atoms with Crippen molar-refractivity contribution in [3.63, 3.8) is 0 Å². The molecule has 0 spiro atoms. The normalized spacial score (nSPS) is 11.8. The fourth-order valence-corrected chi connectivity index (χ4v) is 5.42. The van der Waals surface area contributed by atoms with Crippen molar-refractivity contribution in [3.8, 4) is 0 Å². The molecule has 7 heteroatoms. The second kappa shape index (κ2) is 26.3. The summed E-state index contributed by atoms with van der Waals surface area (Å²) in [7, 11) is 0. The van der Waals surface area contributed by atoms with Crippen LogP contribution < -0.4 is 5.11 Å². The molecule has 7 nitrogen and oxygen atoms in total. The number of aliphatic carboxylic acids is 3. The molecule has 228 valence electrons. The summed E-state index contributed by atoms with van der Waals surface area (Å²) in [4.78, 5) is 32.8. The summed E-state index contributed by atoms with van der Waals surface area (Å²) in [5.74, 6) is -2.57. The third-order valence-electron chi connectivity index (χ3n) is 7.72. The third-order valence-corrected chi connectivity index (χ3v) is 7.72. The molecule has 39 heavy (non-hydrogen) atoms. The standard InChI is InChI=1S/C32H59NO6/c1-2-3-4-5-6-7-8-9-10-11-12-13-14-15-19-26-33(27-20-16-23-30(34)35,28-21-17-24-31(36)37)29-22-18-25-32(38)39/h3-4H,2,5-29H2,1H3,(H2-,34,35,36,37,38,39)/b4-3+. The summed E-state index contributed by atoms with van der Waals surface area (Å²) in [6.07, 6.45) is 25.7. The molecule has 0 aliphatic carbocycles. The van der Waals surface area contributed by atoms with E-state index in [1.807, 2.05) is 0 Å². The Bertz CT molecular complexity index is 594. The highest BCUT2D eigenvalue weighted by molar-refractivity contribution is 5.66. The molecule has 0 bridgehead atoms. The van der Waals surface area contributed by atoms with Gasteiger partial charge in [0.2, 0.25) is 0 Å². The largest absolute Gasteiger partial charge is 0.550 e. The Balaban J connectivity index is 4.47. The van der Waals surface area contributed by atoms with Gasteiger partial charge in [0.15, 0.2) is 0 Å². The van der Waals surface area contributed by atoms with Crippen LogP contribution in [0, 0.1) is 0 Å². The molecule has 0 fully saturated rings. The molecule has 0 aromatic heterocycles. The van der Waals surface area contributed by atoms with Gasteiger partial charge >= 0.3 is 11.9 Å². The van der Waals surface area contributed by atoms with Crippen LogP contribution in [0.4, 0.5) is 0 Å². The zero-order chi connectivity index (χ0) is 29.0. The molecular weight excluding hydrogens is 494 g/mol. The molecule has 0 aliphatic rings. The predicted octanol–water partition coefficient (Wildman–Crippen LogP) is 6.88. The minimum Gasteiger partial charge on any atom is -0.550 e. The average Bonchev–Trinajstić information content (AvgIpc) is 2.89. The molecule has 0 aliphatic heterocycles. The fraction of sp³-hybridized carbons (Fsp3) is 0.844. The van der Waals surface area contributed by atoms with E-state index < -0.39 is 17.9 Å². The van der Waals surface area contributed by atoms with Crippen LogP contribution in [0.15, 0.2) is 12.2 Å². The molecule has 0 rings (SSSR count). The van der Waals surface area contributed by atoms with Gasteiger partial charge in [-0.05, 0) is 77.0 Å². The van der Waals surface area contributed by atoms with Gasteiger partial charge in [-0.15, -0.1) is 0 Å². The van der Waals surface area contributed by atoms with Gasteiger partial charge in [-0.1, -0.05) is 70.4 Å². The molecule has 0 saturated heterocycles. The van der Waals surface area contributed by atoms with E-state index >= 15 is 0 Å². The van der Waals surface area contributed by atoms with E-state index in [2.05, 4.69) is 19.1 Å². The smallest absolute Gasteiger partial charge is 0.303 e. The van der Waals surface area contributed by atoms with Crippen molar-refractivity contribution < 1.29 is 34.2 Å². The number of carboxylic acids is 3. The summed E-state index contributed by atoms with van der Waals surface area (Å²) in [5.41, 5.74) is 0. The lowest BCUT2D eigenvalue weighted by Gasteiger charge is -2.39. The number of carbonyl (C=O) groups is 3. The molecule has 0 amide bonds. The van der Waals surface area contributed by atoms with Crippen molar-refractivity contribution in [2.45, 2.75) is 148 Å². The molecule has 0 heterocycles. The van der Waals surface area contributed by atoms with Crippen LogP contribution in [0.3, 0.4) is 0 Å². The van der Waals surface area contributed by atoms with Gasteiger partial charge in [0.25, 0.3) is 0 Å². The molecule has 0 aromatic carbocycles. The number of quaternary nitrogens is 1. The van der Waals surface area contributed by atoms with E-state index in [0.717, 1.165) is 62.8 Å². The maximum Gasteiger partial charge on any atom is 0.303 e. The first-order valence-electron chi connectivity index (χ1n) is 15.9. The first-order valence-corrected chi connectivity index (χ1v) is 15.9. The number of unbranched alkanes of at least 4 members (excludes halogenated alkanes) is 14. The van der Waals surface area contributed by atoms with E-state index in [1.165, 1.54) is 70.6 Å². The SMILES string of the molecule is CC/C=C/CCCCCCCCCCCCC[N+](CCCCC(=O)[O-])(CCCCC(=O)O)CCCCC(=O)O. The highest BCUT2D eigenvalue weighted by Crippen LogP contribution is 2.20. The zero-order valence-corrected chi connectivity index (χ0v) is 25.0. The molecule has 0 saturated carbocycles.